The third-order valence-electron chi connectivity index (χ3n) is 4.95. The molecule has 0 spiro atoms. The number of amides is 1. The molecule has 0 atom stereocenters. The van der Waals surface area contributed by atoms with Crippen LogP contribution in [-0.4, -0.2) is 75.6 Å². The Morgan fingerprint density at radius 3 is 2.28 bits per heavy atom. The molecule has 0 aliphatic carbocycles. The first-order valence-corrected chi connectivity index (χ1v) is 10.9. The van der Waals surface area contributed by atoms with Crippen molar-refractivity contribution >= 4 is 46.4 Å². The van der Waals surface area contributed by atoms with Gasteiger partial charge >= 0.3 is 0 Å². The summed E-state index contributed by atoms with van der Waals surface area (Å²) in [6.45, 7) is 8.82. The van der Waals surface area contributed by atoms with E-state index in [0.717, 1.165) is 5.69 Å². The molecule has 168 valence electrons. The number of nitrogens with zero attached hydrogens (tertiary/aromatic N) is 3. The maximum atomic E-state index is 12.7. The van der Waals surface area contributed by atoms with Gasteiger partial charge in [-0.05, 0) is 36.6 Å². The van der Waals surface area contributed by atoms with Gasteiger partial charge in [-0.1, -0.05) is 26.0 Å². The summed E-state index contributed by atoms with van der Waals surface area (Å²) in [7, 11) is -1.99. The molecule has 0 bridgehead atoms. The van der Waals surface area contributed by atoms with Crippen molar-refractivity contribution in [2.45, 2.75) is 20.8 Å². The summed E-state index contributed by atoms with van der Waals surface area (Å²) in [5.41, 5.74) is 7.74. The van der Waals surface area contributed by atoms with E-state index in [2.05, 4.69) is 11.0 Å². The molecule has 0 aromatic heterocycles. The topological polar surface area (TPSA) is 87.0 Å². The second-order valence-corrected chi connectivity index (χ2v) is 10.1. The summed E-state index contributed by atoms with van der Waals surface area (Å²) in [4.78, 5) is 16.0. The van der Waals surface area contributed by atoms with Crippen LogP contribution in [0.1, 0.15) is 19.4 Å². The molecule has 2 rings (SSSR count). The third-order valence-corrected chi connectivity index (χ3v) is 6.71. The van der Waals surface area contributed by atoms with Crippen LogP contribution in [0.15, 0.2) is 24.3 Å². The minimum absolute atomic E-state index is 0. The van der Waals surface area contributed by atoms with Crippen molar-refractivity contribution in [2.24, 2.45) is 11.1 Å². The highest BCUT2D eigenvalue weighted by Gasteiger charge is 2.31. The molecule has 1 aromatic carbocycles. The Bertz CT molecular complexity index is 766. The second kappa shape index (κ2) is 11.4. The van der Waals surface area contributed by atoms with E-state index < -0.39 is 21.7 Å². The Balaban J connectivity index is 0.00000392. The number of piperazine rings is 1. The van der Waals surface area contributed by atoms with Gasteiger partial charge in [0, 0.05) is 45.5 Å². The number of aryl methyl sites for hydroxylation is 1. The van der Waals surface area contributed by atoms with Crippen molar-refractivity contribution in [2.75, 3.05) is 57.0 Å². The maximum Gasteiger partial charge on any atom is 0.238 e. The fourth-order valence-electron chi connectivity index (χ4n) is 3.20. The highest BCUT2D eigenvalue weighted by molar-refractivity contribution is 7.89. The van der Waals surface area contributed by atoms with E-state index in [-0.39, 0.29) is 30.2 Å². The molecule has 1 saturated heterocycles. The molecule has 2 N–H and O–H groups in total. The Morgan fingerprint density at radius 2 is 1.76 bits per heavy atom. The van der Waals surface area contributed by atoms with Crippen LogP contribution >= 0.6 is 24.8 Å². The maximum absolute atomic E-state index is 12.7. The average Bonchev–Trinajstić information content (AvgIpc) is 2.61. The molecule has 10 heteroatoms. The molecule has 0 saturated carbocycles. The summed E-state index contributed by atoms with van der Waals surface area (Å²) >= 11 is 0. The fraction of sp³-hybridized carbons (Fsp3) is 0.632. The van der Waals surface area contributed by atoms with E-state index in [9.17, 15) is 13.2 Å². The first kappa shape index (κ1) is 27.9. The zero-order valence-electron chi connectivity index (χ0n) is 17.6. The van der Waals surface area contributed by atoms with E-state index in [1.807, 2.05) is 39.0 Å². The summed E-state index contributed by atoms with van der Waals surface area (Å²) in [6, 6.07) is 8.18. The van der Waals surface area contributed by atoms with Gasteiger partial charge in [-0.2, -0.15) is 4.31 Å². The molecular weight excluding hydrogens is 435 g/mol. The van der Waals surface area contributed by atoms with Gasteiger partial charge in [0.15, 0.2) is 0 Å². The van der Waals surface area contributed by atoms with Gasteiger partial charge in [-0.3, -0.25) is 4.79 Å². The van der Waals surface area contributed by atoms with Gasteiger partial charge in [0.2, 0.25) is 15.9 Å². The molecular formula is C19H34Cl2N4O3S. The predicted octanol–water partition coefficient (Wildman–Crippen LogP) is 1.73. The minimum atomic E-state index is -3.62. The van der Waals surface area contributed by atoms with Crippen LogP contribution in [0.25, 0.3) is 0 Å². The van der Waals surface area contributed by atoms with Gasteiger partial charge < -0.3 is 15.5 Å². The Kier molecular flexibility index (Phi) is 10.9. The third kappa shape index (κ3) is 7.94. The van der Waals surface area contributed by atoms with Gasteiger partial charge in [0.25, 0.3) is 0 Å². The Morgan fingerprint density at radius 1 is 1.17 bits per heavy atom. The van der Waals surface area contributed by atoms with E-state index in [4.69, 9.17) is 5.73 Å². The number of hydrogen-bond donors (Lipinski definition) is 1. The zero-order chi connectivity index (χ0) is 20.2. The van der Waals surface area contributed by atoms with Crippen molar-refractivity contribution in [3.63, 3.8) is 0 Å². The number of hydrogen-bond acceptors (Lipinski definition) is 5. The fourth-order valence-corrected chi connectivity index (χ4v) is 4.64. The van der Waals surface area contributed by atoms with Crippen LogP contribution in [-0.2, 0) is 14.8 Å². The number of anilines is 1. The molecule has 1 heterocycles. The average molecular weight is 469 g/mol. The van der Waals surface area contributed by atoms with Gasteiger partial charge in [0.1, 0.15) is 5.75 Å². The quantitative estimate of drug-likeness (QED) is 0.658. The lowest BCUT2D eigenvalue weighted by atomic mass is 9.93. The highest BCUT2D eigenvalue weighted by atomic mass is 35.5. The van der Waals surface area contributed by atoms with Crippen molar-refractivity contribution < 1.29 is 13.2 Å². The first-order chi connectivity index (χ1) is 12.5. The molecule has 29 heavy (non-hydrogen) atoms. The van der Waals surface area contributed by atoms with Gasteiger partial charge in [-0.25, -0.2) is 8.42 Å². The first-order valence-electron chi connectivity index (χ1n) is 9.27. The van der Waals surface area contributed by atoms with Gasteiger partial charge in [0.05, 0.1) is 0 Å². The normalized spacial score (nSPS) is 15.3. The Labute approximate surface area is 187 Å². The number of sulfonamides is 1. The van der Waals surface area contributed by atoms with E-state index in [0.29, 0.717) is 39.3 Å². The lowest BCUT2D eigenvalue weighted by Crippen LogP contribution is -2.51. The van der Waals surface area contributed by atoms with Crippen LogP contribution in [0.3, 0.4) is 0 Å². The molecule has 1 amide bonds. The number of nitrogens with two attached hydrogens (primary N) is 1. The number of halogens is 2. The second-order valence-electron chi connectivity index (χ2n) is 8.10. The van der Waals surface area contributed by atoms with Crippen LogP contribution in [0.4, 0.5) is 5.69 Å². The number of benzene rings is 1. The zero-order valence-corrected chi connectivity index (χ0v) is 20.1. The highest BCUT2D eigenvalue weighted by Crippen LogP contribution is 2.19. The molecule has 0 radical (unpaired) electrons. The lowest BCUT2D eigenvalue weighted by molar-refractivity contribution is -0.128. The summed E-state index contributed by atoms with van der Waals surface area (Å²) in [5, 5.41) is 0. The van der Waals surface area contributed by atoms with Crippen LogP contribution in [0.5, 0.6) is 0 Å². The molecule has 1 aliphatic heterocycles. The molecule has 1 aliphatic rings. The summed E-state index contributed by atoms with van der Waals surface area (Å²) in [6.07, 6.45) is 0. The van der Waals surface area contributed by atoms with Crippen LogP contribution in [0.2, 0.25) is 0 Å². The number of carbonyl (C=O) groups excluding carboxylic acids is 1. The number of carbonyl (C=O) groups is 1. The van der Waals surface area contributed by atoms with Crippen LogP contribution in [0, 0.1) is 12.3 Å². The summed E-state index contributed by atoms with van der Waals surface area (Å²) < 4.78 is 26.8. The molecule has 1 fully saturated rings. The monoisotopic (exact) mass is 468 g/mol. The van der Waals surface area contributed by atoms with Crippen molar-refractivity contribution in [1.82, 2.24) is 9.21 Å². The van der Waals surface area contributed by atoms with Crippen molar-refractivity contribution in [3.8, 4) is 0 Å². The summed E-state index contributed by atoms with van der Waals surface area (Å²) in [5.74, 6) is -0.883. The van der Waals surface area contributed by atoms with E-state index in [1.165, 1.54) is 14.8 Å². The Hall–Kier alpha value is -1.06. The smallest absolute Gasteiger partial charge is 0.238 e. The lowest BCUT2D eigenvalue weighted by Gasteiger charge is -2.36. The van der Waals surface area contributed by atoms with Crippen LogP contribution < -0.4 is 10.6 Å². The molecule has 7 nitrogen and oxygen atoms in total. The minimum Gasteiger partial charge on any atom is -0.369 e. The standard InChI is InChI=1S/C19H32N4O3S.2ClH/c1-16-6-5-7-17(12-16)22-8-10-23(11-9-22)27(25,26)13-18(24)21(4)15-19(2,3)14-20;;/h5-7,12H,8-11,13-15,20H2,1-4H3;2*1H. The number of rotatable bonds is 7. The molecule has 1 aromatic rings. The van der Waals surface area contributed by atoms with E-state index >= 15 is 0 Å². The predicted molar refractivity (Wildman–Crippen MR) is 124 cm³/mol. The SMILES string of the molecule is Cc1cccc(N2CCN(S(=O)(=O)CC(=O)N(C)CC(C)(C)CN)CC2)c1.Cl.Cl. The van der Waals surface area contributed by atoms with E-state index in [1.54, 1.807) is 7.05 Å². The molecule has 0 unspecified atom stereocenters. The van der Waals surface area contributed by atoms with Gasteiger partial charge in [-0.15, -0.1) is 24.8 Å². The largest absolute Gasteiger partial charge is 0.369 e. The van der Waals surface area contributed by atoms with Crippen molar-refractivity contribution in [3.05, 3.63) is 29.8 Å². The van der Waals surface area contributed by atoms with Crippen molar-refractivity contribution in [1.29, 1.82) is 0 Å².